The third-order valence-corrected chi connectivity index (χ3v) is 14.5. The van der Waals surface area contributed by atoms with E-state index in [-0.39, 0.29) is 55.9 Å². The molecule has 1 aromatic carbocycles. The normalized spacial score (nSPS) is 30.4. The number of aryl methyl sites for hydroxylation is 2. The highest BCUT2D eigenvalue weighted by atomic mass is 32.2. The number of sulfonamides is 1. The van der Waals surface area contributed by atoms with Gasteiger partial charge in [0.15, 0.2) is 5.78 Å². The van der Waals surface area contributed by atoms with Crippen molar-refractivity contribution in [2.75, 3.05) is 13.2 Å². The van der Waals surface area contributed by atoms with Crippen molar-refractivity contribution in [1.82, 2.24) is 14.6 Å². The van der Waals surface area contributed by atoms with E-state index >= 15 is 0 Å². The molecule has 53 heavy (non-hydrogen) atoms. The zero-order valence-corrected chi connectivity index (χ0v) is 32.3. The van der Waals surface area contributed by atoms with Crippen LogP contribution < -0.4 is 9.46 Å². The number of benzene rings is 1. The molecule has 3 fully saturated rings. The molecule has 2 amide bonds. The highest BCUT2D eigenvalue weighted by Gasteiger charge is 2.63. The molecule has 2 aromatic rings. The summed E-state index contributed by atoms with van der Waals surface area (Å²) >= 11 is 0. The minimum Gasteiger partial charge on any atom is -0.483 e. The molecule has 5 atom stereocenters. The molecule has 5 aliphatic rings. The van der Waals surface area contributed by atoms with Gasteiger partial charge in [-0.05, 0) is 83.1 Å². The van der Waals surface area contributed by atoms with Crippen molar-refractivity contribution >= 4 is 44.5 Å². The molecular weight excluding hydrogens is 695 g/mol. The van der Waals surface area contributed by atoms with Crippen LogP contribution in [0.3, 0.4) is 0 Å². The van der Waals surface area contributed by atoms with Crippen molar-refractivity contribution < 1.29 is 37.1 Å². The molecule has 286 valence electrons. The Labute approximate surface area is 312 Å². The number of fused-ring (bicyclic) bond motifs is 5. The van der Waals surface area contributed by atoms with E-state index in [9.17, 15) is 27.6 Å². The number of carbonyl (C=O) groups is 4. The lowest BCUT2D eigenvalue weighted by atomic mass is 9.85. The lowest BCUT2D eigenvalue weighted by molar-refractivity contribution is -0.151. The van der Waals surface area contributed by atoms with E-state index < -0.39 is 49.6 Å². The number of ether oxygens (including phenoxy) is 2. The number of nitrogens with one attached hydrogen (secondary N) is 1. The molecule has 4 heterocycles. The second-order valence-electron chi connectivity index (χ2n) is 17.0. The van der Waals surface area contributed by atoms with Crippen LogP contribution in [0.4, 0.5) is 0 Å². The lowest BCUT2D eigenvalue weighted by Crippen LogP contribution is -2.48. The minimum atomic E-state index is -3.93. The van der Waals surface area contributed by atoms with Crippen LogP contribution >= 0.6 is 0 Å². The number of rotatable bonds is 7. The van der Waals surface area contributed by atoms with E-state index in [1.165, 1.54) is 0 Å². The van der Waals surface area contributed by atoms with Gasteiger partial charge in [-0.25, -0.2) is 13.4 Å². The first-order valence-electron chi connectivity index (χ1n) is 19.5. The highest BCUT2D eigenvalue weighted by Crippen LogP contribution is 2.58. The quantitative estimate of drug-likeness (QED) is 0.270. The predicted molar refractivity (Wildman–Crippen MR) is 199 cm³/mol. The van der Waals surface area contributed by atoms with Gasteiger partial charge in [-0.15, -0.1) is 0 Å². The van der Waals surface area contributed by atoms with Crippen molar-refractivity contribution in [3.8, 4) is 5.75 Å². The largest absolute Gasteiger partial charge is 0.483 e. The fourth-order valence-electron chi connectivity index (χ4n) is 8.63. The minimum absolute atomic E-state index is 0.0837. The summed E-state index contributed by atoms with van der Waals surface area (Å²) in [4.78, 5) is 62.9. The van der Waals surface area contributed by atoms with E-state index in [1.54, 1.807) is 11.8 Å². The number of nitrogens with zero attached hydrogens (tertiary/aromatic N) is 2. The van der Waals surface area contributed by atoms with Gasteiger partial charge in [0, 0.05) is 29.7 Å². The number of para-hydroxylation sites is 1. The summed E-state index contributed by atoms with van der Waals surface area (Å²) in [5.41, 5.74) is 0.568. The van der Waals surface area contributed by atoms with Crippen LogP contribution in [0, 0.1) is 30.1 Å². The van der Waals surface area contributed by atoms with Gasteiger partial charge in [-0.2, -0.15) is 0 Å². The molecule has 2 saturated carbocycles. The molecule has 0 bridgehead atoms. The summed E-state index contributed by atoms with van der Waals surface area (Å²) in [7, 11) is -3.93. The van der Waals surface area contributed by atoms with E-state index in [0.29, 0.717) is 44.3 Å². The van der Waals surface area contributed by atoms with Crippen LogP contribution in [0.15, 0.2) is 36.4 Å². The second-order valence-corrected chi connectivity index (χ2v) is 19.2. The van der Waals surface area contributed by atoms with Crippen LogP contribution in [0.2, 0.25) is 0 Å². The predicted octanol–water partition coefficient (Wildman–Crippen LogP) is 5.90. The van der Waals surface area contributed by atoms with Crippen molar-refractivity contribution in [2.24, 2.45) is 23.2 Å². The number of carbonyl (C=O) groups excluding carboxylic acids is 4. The van der Waals surface area contributed by atoms with Gasteiger partial charge < -0.3 is 14.4 Å². The molecule has 3 aliphatic heterocycles. The Bertz CT molecular complexity index is 1950. The highest BCUT2D eigenvalue weighted by molar-refractivity contribution is 7.91. The second kappa shape index (κ2) is 14.1. The molecule has 1 spiro atoms. The van der Waals surface area contributed by atoms with Crippen molar-refractivity contribution in [1.29, 1.82) is 0 Å². The van der Waals surface area contributed by atoms with E-state index in [4.69, 9.17) is 14.5 Å². The number of hydrogen-bond acceptors (Lipinski definition) is 9. The first-order chi connectivity index (χ1) is 25.2. The maximum absolute atomic E-state index is 14.7. The number of Topliss-reactive ketones (excluding diaryl/α,β-unsaturated/α-hetero) is 1. The topological polar surface area (TPSA) is 149 Å². The number of amides is 2. The SMILES string of the molecule is Cc1nc2ccccc2c2c1O[C@]1(CC2)C[C@H]2C(=O)C[C@]3(C(=O)NS(=O)(=O)C4(C)CC4)C[C@H]3/C=C\CCCCC[C@H](CC(=O)OCC(C)C)C(=O)N2C1. The van der Waals surface area contributed by atoms with Gasteiger partial charge in [0.05, 0.1) is 47.0 Å². The molecule has 1 aromatic heterocycles. The van der Waals surface area contributed by atoms with Crippen LogP contribution in [-0.2, 0) is 40.4 Å². The van der Waals surface area contributed by atoms with E-state index in [2.05, 4.69) is 4.72 Å². The van der Waals surface area contributed by atoms with Gasteiger partial charge in [0.25, 0.3) is 0 Å². The average Bonchev–Trinajstić information content (AvgIpc) is 4.01. The third kappa shape index (κ3) is 7.36. The Morgan fingerprint density at radius 2 is 1.87 bits per heavy atom. The van der Waals surface area contributed by atoms with Crippen molar-refractivity contribution in [3.05, 3.63) is 47.7 Å². The molecule has 0 unspecified atom stereocenters. The van der Waals surface area contributed by atoms with E-state index in [0.717, 1.165) is 47.8 Å². The molecule has 1 saturated heterocycles. The summed E-state index contributed by atoms with van der Waals surface area (Å²) < 4.78 is 40.2. The first-order valence-corrected chi connectivity index (χ1v) is 20.9. The van der Waals surface area contributed by atoms with Gasteiger partial charge >= 0.3 is 5.97 Å². The molecule has 0 radical (unpaired) electrons. The van der Waals surface area contributed by atoms with Crippen LogP contribution in [0.1, 0.15) is 109 Å². The summed E-state index contributed by atoms with van der Waals surface area (Å²) in [5.74, 6) is -1.81. The van der Waals surface area contributed by atoms with Gasteiger partial charge in [-0.3, -0.25) is 23.9 Å². The zero-order chi connectivity index (χ0) is 37.8. The van der Waals surface area contributed by atoms with Crippen molar-refractivity contribution in [2.45, 2.75) is 128 Å². The smallest absolute Gasteiger partial charge is 0.306 e. The molecule has 2 aliphatic carbocycles. The fraction of sp³-hybridized carbons (Fsp3) is 0.634. The maximum Gasteiger partial charge on any atom is 0.306 e. The summed E-state index contributed by atoms with van der Waals surface area (Å²) in [6.45, 7) is 7.87. The van der Waals surface area contributed by atoms with E-state index in [1.807, 2.05) is 57.2 Å². The summed E-state index contributed by atoms with van der Waals surface area (Å²) in [5, 5.41) is 1.01. The molecule has 11 nitrogen and oxygen atoms in total. The fourth-order valence-corrected chi connectivity index (χ4v) is 9.97. The van der Waals surface area contributed by atoms with Gasteiger partial charge in [-0.1, -0.05) is 57.0 Å². The number of pyridine rings is 1. The number of aromatic nitrogens is 1. The third-order valence-electron chi connectivity index (χ3n) is 12.4. The lowest BCUT2D eigenvalue weighted by Gasteiger charge is -2.36. The van der Waals surface area contributed by atoms with Gasteiger partial charge in [0.2, 0.25) is 21.8 Å². The molecule has 7 rings (SSSR count). The molecular formula is C41H53N3O8S. The first kappa shape index (κ1) is 37.5. The molecule has 12 heteroatoms. The summed E-state index contributed by atoms with van der Waals surface area (Å²) in [6, 6.07) is 7.03. The van der Waals surface area contributed by atoms with Crippen LogP contribution in [-0.4, -0.2) is 71.4 Å². The monoisotopic (exact) mass is 747 g/mol. The number of hydrogen-bond donors (Lipinski definition) is 1. The Balaban J connectivity index is 1.22. The Hall–Kier alpha value is -3.80. The average molecular weight is 748 g/mol. The Morgan fingerprint density at radius 1 is 1.09 bits per heavy atom. The van der Waals surface area contributed by atoms with Crippen LogP contribution in [0.25, 0.3) is 10.9 Å². The number of ketones is 1. The number of allylic oxidation sites excluding steroid dienone is 2. The summed E-state index contributed by atoms with van der Waals surface area (Å²) in [6.07, 6.45) is 10.1. The molecule has 1 N–H and O–H groups in total. The van der Waals surface area contributed by atoms with Gasteiger partial charge in [0.1, 0.15) is 11.4 Å². The van der Waals surface area contributed by atoms with Crippen LogP contribution in [0.5, 0.6) is 5.75 Å². The Morgan fingerprint density at radius 3 is 2.62 bits per heavy atom. The Kier molecular flexibility index (Phi) is 10.00. The number of esters is 1. The maximum atomic E-state index is 14.7. The zero-order valence-electron chi connectivity index (χ0n) is 31.4. The standard InChI is InChI=1S/C41H53N3O8S/c1-26(2)24-51-35(46)20-28-12-8-6-5-7-9-13-29-21-41(29,38(48)43-53(49,50)39(4)18-19-39)23-34(45)33-22-40(25-44(33)37(28)47)17-16-31-30-14-10-11-15-32(30)42-27(3)36(31)52-40/h9-11,13-15,26,28-29,33H,5-8,12,16-25H2,1-4H3,(H,43,48)/b13-9-/t28-,29-,33+,40-,41-/m1/s1. The van der Waals surface area contributed by atoms with Crippen molar-refractivity contribution in [3.63, 3.8) is 0 Å².